The second-order valence-corrected chi connectivity index (χ2v) is 28.5. The number of likely N-dealkylation sites (tertiary alicyclic amines) is 2. The fourth-order valence-corrected chi connectivity index (χ4v) is 9.57. The number of nitro groups is 1. The molecule has 0 saturated carbocycles. The average molecular weight is 815 g/mol. The molecule has 2 amide bonds. The van der Waals surface area contributed by atoms with Gasteiger partial charge in [-0.15, -0.1) is 0 Å². The largest absolute Gasteiger partial charge is 0.414 e. The summed E-state index contributed by atoms with van der Waals surface area (Å²) in [4.78, 5) is 40.6. The van der Waals surface area contributed by atoms with Crippen LogP contribution >= 0.6 is 0 Å². The van der Waals surface area contributed by atoms with Crippen molar-refractivity contribution in [3.8, 4) is 0 Å². The van der Waals surface area contributed by atoms with E-state index in [1.807, 2.05) is 32.9 Å². The molecule has 0 aliphatic carbocycles. The molecule has 2 saturated heterocycles. The average Bonchev–Trinajstić information content (AvgIpc) is 3.09. The fraction of sp³-hybridized carbons (Fsp3) is 0.667. The normalized spacial score (nSPS) is 21.0. The molecule has 2 aliphatic rings. The highest BCUT2D eigenvalue weighted by molar-refractivity contribution is 6.74. The Bertz CT molecular complexity index is 1740. The van der Waals surface area contributed by atoms with Crippen LogP contribution in [0.1, 0.15) is 110 Å². The Morgan fingerprint density at radius 1 is 0.732 bits per heavy atom. The van der Waals surface area contributed by atoms with E-state index >= 15 is 0 Å². The van der Waals surface area contributed by atoms with Crippen LogP contribution in [-0.4, -0.2) is 104 Å². The third-order valence-corrected chi connectivity index (χ3v) is 21.8. The molecule has 14 heteroatoms. The number of piperidine rings is 2. The number of nitrogens with two attached hydrogens (primary N) is 1. The van der Waals surface area contributed by atoms with E-state index in [1.165, 1.54) is 6.07 Å². The topological polar surface area (TPSA) is 169 Å². The standard InChI is InChI=1S/C21H34N2O5Si.C21H36N2O3Si/c1-14-10-18(19(23(26)27)11-15(14)2)20(25)22-9-8-17(12-16(22)13-24)28-29(6,7)21(3,4)5;1-14-10-18(19(22)11-15(14)2)20(25)23-9-8-17(12-16(23)13-24)26-27(6,7)21(3,4)5/h10-11,16-17,24H,8-9,12-13H2,1-7H3;10-11,16-17,24H,8-9,12-13,22H2,1-7H3/t2*16-,17+/m00/s1. The van der Waals surface area contributed by atoms with Gasteiger partial charge in [0, 0.05) is 37.1 Å². The molecule has 4 rings (SSSR count). The first-order chi connectivity index (χ1) is 25.6. The van der Waals surface area contributed by atoms with E-state index in [1.54, 1.807) is 22.8 Å². The molecule has 2 aromatic rings. The van der Waals surface area contributed by atoms with Crippen LogP contribution < -0.4 is 5.73 Å². The van der Waals surface area contributed by atoms with E-state index in [2.05, 4.69) is 67.7 Å². The summed E-state index contributed by atoms with van der Waals surface area (Å²) in [7, 11) is -3.84. The van der Waals surface area contributed by atoms with Gasteiger partial charge in [-0.25, -0.2) is 0 Å². The molecule has 56 heavy (non-hydrogen) atoms. The zero-order chi connectivity index (χ0) is 42.7. The number of anilines is 1. The van der Waals surface area contributed by atoms with Crippen molar-refractivity contribution in [1.29, 1.82) is 0 Å². The predicted octanol–water partition coefficient (Wildman–Crippen LogP) is 8.07. The molecule has 4 atom stereocenters. The number of aliphatic hydroxyl groups is 2. The third kappa shape index (κ3) is 11.1. The first kappa shape index (κ1) is 47.2. The quantitative estimate of drug-likeness (QED) is 0.0981. The number of carbonyl (C=O) groups excluding carboxylic acids is 2. The Morgan fingerprint density at radius 3 is 1.46 bits per heavy atom. The second kappa shape index (κ2) is 18.2. The smallest absolute Gasteiger partial charge is 0.282 e. The van der Waals surface area contributed by atoms with Crippen LogP contribution in [0.15, 0.2) is 24.3 Å². The number of benzene rings is 2. The number of amides is 2. The minimum atomic E-state index is -1.96. The molecule has 2 fully saturated rings. The third-order valence-electron chi connectivity index (χ3n) is 12.7. The zero-order valence-corrected chi connectivity index (χ0v) is 38.5. The van der Waals surface area contributed by atoms with E-state index < -0.39 is 33.5 Å². The first-order valence-electron chi connectivity index (χ1n) is 20.0. The van der Waals surface area contributed by atoms with Crippen LogP contribution in [-0.2, 0) is 8.85 Å². The lowest BCUT2D eigenvalue weighted by atomic mass is 9.97. The van der Waals surface area contributed by atoms with Gasteiger partial charge in [0.15, 0.2) is 16.6 Å². The van der Waals surface area contributed by atoms with Gasteiger partial charge in [-0.1, -0.05) is 41.5 Å². The van der Waals surface area contributed by atoms with Crippen molar-refractivity contribution < 1.29 is 33.6 Å². The maximum atomic E-state index is 13.2. The van der Waals surface area contributed by atoms with E-state index in [0.29, 0.717) is 43.6 Å². The van der Waals surface area contributed by atoms with Gasteiger partial charge in [0.1, 0.15) is 5.56 Å². The number of hydrogen-bond acceptors (Lipinski definition) is 9. The van der Waals surface area contributed by atoms with Gasteiger partial charge in [0.25, 0.3) is 17.5 Å². The highest BCUT2D eigenvalue weighted by atomic mass is 28.4. The lowest BCUT2D eigenvalue weighted by Crippen LogP contribution is -2.53. The van der Waals surface area contributed by atoms with Crippen LogP contribution in [0.25, 0.3) is 0 Å². The van der Waals surface area contributed by atoms with Crippen LogP contribution in [0.2, 0.25) is 36.3 Å². The number of carbonyl (C=O) groups is 2. The van der Waals surface area contributed by atoms with E-state index in [4.69, 9.17) is 14.6 Å². The predicted molar refractivity (Wildman–Crippen MR) is 229 cm³/mol. The second-order valence-electron chi connectivity index (χ2n) is 19.0. The maximum absolute atomic E-state index is 13.2. The SMILES string of the molecule is Cc1cc(C(=O)N2CC[C@@H](O[Si](C)(C)C(C)(C)C)C[C@H]2CO)c([N+](=O)[O-])cc1C.Cc1cc(N)c(C(=O)N2CC[C@@H](O[Si](C)(C)C(C)(C)C)C[C@H]2CO)cc1C. The minimum Gasteiger partial charge on any atom is -0.414 e. The molecule has 0 aromatic heterocycles. The summed E-state index contributed by atoms with van der Waals surface area (Å²) in [5, 5.41) is 31.6. The van der Waals surface area contributed by atoms with Crippen LogP contribution in [0.3, 0.4) is 0 Å². The molecule has 0 radical (unpaired) electrons. The van der Waals surface area contributed by atoms with E-state index in [-0.39, 0.29) is 58.7 Å². The molecular weight excluding hydrogens is 745 g/mol. The minimum absolute atomic E-state index is 0.0215. The Hall–Kier alpha value is -3.15. The monoisotopic (exact) mass is 814 g/mol. The van der Waals surface area contributed by atoms with Gasteiger partial charge >= 0.3 is 0 Å². The van der Waals surface area contributed by atoms with Crippen molar-refractivity contribution in [3.05, 3.63) is 67.8 Å². The molecule has 2 aliphatic heterocycles. The highest BCUT2D eigenvalue weighted by Crippen LogP contribution is 2.40. The number of aryl methyl sites for hydroxylation is 4. The molecule has 0 spiro atoms. The number of nitrogens with zero attached hydrogens (tertiary/aromatic N) is 3. The number of hydrogen-bond donors (Lipinski definition) is 3. The molecular formula is C42H70N4O8Si2. The molecule has 4 N–H and O–H groups in total. The lowest BCUT2D eigenvalue weighted by molar-refractivity contribution is -0.385. The van der Waals surface area contributed by atoms with Gasteiger partial charge in [-0.3, -0.25) is 19.7 Å². The number of nitrogen functional groups attached to an aromatic ring is 1. The molecule has 2 heterocycles. The summed E-state index contributed by atoms with van der Waals surface area (Å²) in [5.41, 5.74) is 10.8. The van der Waals surface area contributed by atoms with Crippen molar-refractivity contribution >= 4 is 39.8 Å². The van der Waals surface area contributed by atoms with Crippen LogP contribution in [0.5, 0.6) is 0 Å². The number of rotatable bonds is 9. The molecule has 2 aromatic carbocycles. The number of aliphatic hydroxyl groups excluding tert-OH is 2. The zero-order valence-electron chi connectivity index (χ0n) is 36.5. The summed E-state index contributed by atoms with van der Waals surface area (Å²) in [5.74, 6) is -0.495. The summed E-state index contributed by atoms with van der Waals surface area (Å²) in [6, 6.07) is 6.10. The van der Waals surface area contributed by atoms with Crippen LogP contribution in [0, 0.1) is 37.8 Å². The van der Waals surface area contributed by atoms with Crippen LogP contribution in [0.4, 0.5) is 11.4 Å². The Kier molecular flexibility index (Phi) is 15.3. The van der Waals surface area contributed by atoms with Crippen molar-refractivity contribution in [3.63, 3.8) is 0 Å². The summed E-state index contributed by atoms with van der Waals surface area (Å²) < 4.78 is 13.0. The van der Waals surface area contributed by atoms with E-state index in [0.717, 1.165) is 28.7 Å². The molecule has 12 nitrogen and oxygen atoms in total. The van der Waals surface area contributed by atoms with E-state index in [9.17, 15) is 29.9 Å². The molecule has 314 valence electrons. The fourth-order valence-electron chi connectivity index (χ4n) is 6.77. The Labute approximate surface area is 337 Å². The first-order valence-corrected chi connectivity index (χ1v) is 25.8. The lowest BCUT2D eigenvalue weighted by Gasteiger charge is -2.44. The van der Waals surface area contributed by atoms with Gasteiger partial charge in [0.05, 0.1) is 35.8 Å². The van der Waals surface area contributed by atoms with Crippen molar-refractivity contribution in [2.75, 3.05) is 32.0 Å². The van der Waals surface area contributed by atoms with Gasteiger partial charge < -0.3 is 34.6 Å². The molecule has 0 unspecified atom stereocenters. The summed E-state index contributed by atoms with van der Waals surface area (Å²) in [6.45, 7) is 30.4. The Balaban J connectivity index is 0.000000301. The highest BCUT2D eigenvalue weighted by Gasteiger charge is 2.43. The Morgan fingerprint density at radius 2 is 1.09 bits per heavy atom. The molecule has 0 bridgehead atoms. The van der Waals surface area contributed by atoms with Gasteiger partial charge in [0.2, 0.25) is 0 Å². The summed E-state index contributed by atoms with van der Waals surface area (Å²) in [6.07, 6.45) is 2.72. The maximum Gasteiger partial charge on any atom is 0.282 e. The summed E-state index contributed by atoms with van der Waals surface area (Å²) >= 11 is 0. The number of nitro benzene ring substituents is 1. The van der Waals surface area contributed by atoms with Crippen molar-refractivity contribution in [2.45, 2.75) is 155 Å². The van der Waals surface area contributed by atoms with Crippen molar-refractivity contribution in [1.82, 2.24) is 9.80 Å². The van der Waals surface area contributed by atoms with Gasteiger partial charge in [-0.05, 0) is 130 Å². The van der Waals surface area contributed by atoms with Gasteiger partial charge in [-0.2, -0.15) is 0 Å². The van der Waals surface area contributed by atoms with Crippen molar-refractivity contribution in [2.24, 2.45) is 0 Å².